The lowest BCUT2D eigenvalue weighted by molar-refractivity contribution is 0.0695. The van der Waals surface area contributed by atoms with Gasteiger partial charge in [-0.3, -0.25) is 9.78 Å². The molecule has 1 aromatic heterocycles. The maximum absolute atomic E-state index is 12.1. The van der Waals surface area contributed by atoms with Crippen molar-refractivity contribution in [3.63, 3.8) is 0 Å². The molecule has 0 atom stereocenters. The molecular formula is C16H22N2O3. The zero-order valence-electron chi connectivity index (χ0n) is 12.3. The summed E-state index contributed by atoms with van der Waals surface area (Å²) in [5.41, 5.74) is 0.363. The van der Waals surface area contributed by atoms with Crippen LogP contribution in [0.3, 0.4) is 0 Å². The number of carboxylic acids is 1. The molecule has 1 heterocycles. The molecule has 1 amide bonds. The van der Waals surface area contributed by atoms with Crippen LogP contribution in [0.1, 0.15) is 66.3 Å². The lowest BCUT2D eigenvalue weighted by Gasteiger charge is -2.28. The van der Waals surface area contributed by atoms with E-state index in [2.05, 4.69) is 17.2 Å². The van der Waals surface area contributed by atoms with Crippen LogP contribution in [0, 0.1) is 5.92 Å². The summed E-state index contributed by atoms with van der Waals surface area (Å²) < 4.78 is 0. The molecule has 114 valence electrons. The van der Waals surface area contributed by atoms with E-state index in [1.54, 1.807) is 0 Å². The summed E-state index contributed by atoms with van der Waals surface area (Å²) in [6.07, 6.45) is 8.09. The van der Waals surface area contributed by atoms with Gasteiger partial charge >= 0.3 is 5.97 Å². The number of carbonyl (C=O) groups is 2. The van der Waals surface area contributed by atoms with Crippen molar-refractivity contribution in [1.29, 1.82) is 0 Å². The van der Waals surface area contributed by atoms with E-state index in [4.69, 9.17) is 5.11 Å². The van der Waals surface area contributed by atoms with Crippen molar-refractivity contribution in [3.8, 4) is 0 Å². The summed E-state index contributed by atoms with van der Waals surface area (Å²) in [5.74, 6) is -0.453. The lowest BCUT2D eigenvalue weighted by Crippen LogP contribution is -2.38. The first-order valence-corrected chi connectivity index (χ1v) is 7.60. The number of hydrogen-bond donors (Lipinski definition) is 2. The van der Waals surface area contributed by atoms with Crippen LogP contribution in [0.5, 0.6) is 0 Å². The first-order valence-electron chi connectivity index (χ1n) is 7.60. The third-order valence-electron chi connectivity index (χ3n) is 4.12. The standard InChI is InChI=1S/C16H22N2O3/c1-2-3-11-4-7-13(8-5-11)18-15(19)14-9-6-12(10-17-14)16(20)21/h6,9-11,13H,2-5,7-8H2,1H3,(H,18,19)(H,20,21). The van der Waals surface area contributed by atoms with Gasteiger partial charge in [-0.1, -0.05) is 19.8 Å². The minimum absolute atomic E-state index is 0.0895. The van der Waals surface area contributed by atoms with Crippen molar-refractivity contribution in [1.82, 2.24) is 10.3 Å². The van der Waals surface area contributed by atoms with Gasteiger partial charge in [-0.25, -0.2) is 4.79 Å². The van der Waals surface area contributed by atoms with Gasteiger partial charge in [0.05, 0.1) is 5.56 Å². The first kappa shape index (κ1) is 15.5. The monoisotopic (exact) mass is 290 g/mol. The lowest BCUT2D eigenvalue weighted by atomic mass is 9.83. The van der Waals surface area contributed by atoms with Gasteiger partial charge in [0.15, 0.2) is 0 Å². The molecule has 5 heteroatoms. The van der Waals surface area contributed by atoms with Gasteiger partial charge in [-0.05, 0) is 43.7 Å². The zero-order chi connectivity index (χ0) is 15.2. The Balaban J connectivity index is 1.86. The van der Waals surface area contributed by atoms with Crippen molar-refractivity contribution >= 4 is 11.9 Å². The number of rotatable bonds is 5. The number of aromatic carboxylic acids is 1. The van der Waals surface area contributed by atoms with Crippen molar-refractivity contribution in [2.75, 3.05) is 0 Å². The van der Waals surface area contributed by atoms with Gasteiger partial charge in [-0.15, -0.1) is 0 Å². The molecule has 0 saturated heterocycles. The Morgan fingerprint density at radius 3 is 2.52 bits per heavy atom. The van der Waals surface area contributed by atoms with Crippen LogP contribution in [0.2, 0.25) is 0 Å². The van der Waals surface area contributed by atoms with Crippen LogP contribution >= 0.6 is 0 Å². The van der Waals surface area contributed by atoms with Gasteiger partial charge in [0.25, 0.3) is 5.91 Å². The molecule has 0 aliphatic heterocycles. The minimum atomic E-state index is -1.04. The Morgan fingerprint density at radius 2 is 2.00 bits per heavy atom. The molecule has 1 aliphatic rings. The molecule has 0 bridgehead atoms. The van der Waals surface area contributed by atoms with Gasteiger partial charge in [0.2, 0.25) is 0 Å². The van der Waals surface area contributed by atoms with Gasteiger partial charge in [-0.2, -0.15) is 0 Å². The number of nitrogens with zero attached hydrogens (tertiary/aromatic N) is 1. The van der Waals surface area contributed by atoms with Crippen molar-refractivity contribution in [2.24, 2.45) is 5.92 Å². The highest BCUT2D eigenvalue weighted by Gasteiger charge is 2.22. The molecular weight excluding hydrogens is 268 g/mol. The largest absolute Gasteiger partial charge is 0.478 e. The summed E-state index contributed by atoms with van der Waals surface area (Å²) in [6, 6.07) is 3.08. The second-order valence-electron chi connectivity index (χ2n) is 5.72. The van der Waals surface area contributed by atoms with E-state index in [0.717, 1.165) is 18.8 Å². The fourth-order valence-electron chi connectivity index (χ4n) is 2.92. The van der Waals surface area contributed by atoms with E-state index in [1.165, 1.54) is 44.0 Å². The molecule has 1 fully saturated rings. The Labute approximate surface area is 124 Å². The van der Waals surface area contributed by atoms with Crippen LogP contribution in [0.25, 0.3) is 0 Å². The molecule has 0 spiro atoms. The van der Waals surface area contributed by atoms with E-state index in [0.29, 0.717) is 0 Å². The highest BCUT2D eigenvalue weighted by Crippen LogP contribution is 2.27. The maximum Gasteiger partial charge on any atom is 0.337 e. The van der Waals surface area contributed by atoms with Crippen molar-refractivity contribution in [3.05, 3.63) is 29.6 Å². The zero-order valence-corrected chi connectivity index (χ0v) is 12.3. The van der Waals surface area contributed by atoms with Crippen LogP contribution in [0.15, 0.2) is 18.3 Å². The predicted octanol–water partition coefficient (Wildman–Crippen LogP) is 2.87. The van der Waals surface area contributed by atoms with E-state index in [1.807, 2.05) is 0 Å². The molecule has 2 rings (SSSR count). The second kappa shape index (κ2) is 7.20. The first-order chi connectivity index (χ1) is 10.1. The third kappa shape index (κ3) is 4.28. The Hall–Kier alpha value is -1.91. The highest BCUT2D eigenvalue weighted by atomic mass is 16.4. The average molecular weight is 290 g/mol. The molecule has 0 radical (unpaired) electrons. The summed E-state index contributed by atoms with van der Waals surface area (Å²) in [7, 11) is 0. The molecule has 1 aromatic rings. The summed E-state index contributed by atoms with van der Waals surface area (Å²) in [5, 5.41) is 11.8. The van der Waals surface area contributed by atoms with E-state index in [9.17, 15) is 9.59 Å². The smallest absolute Gasteiger partial charge is 0.337 e. The normalized spacial score (nSPS) is 21.8. The van der Waals surface area contributed by atoms with Gasteiger partial charge < -0.3 is 10.4 Å². The van der Waals surface area contributed by atoms with Crippen molar-refractivity contribution < 1.29 is 14.7 Å². The van der Waals surface area contributed by atoms with E-state index < -0.39 is 5.97 Å². The molecule has 1 saturated carbocycles. The van der Waals surface area contributed by atoms with Crippen LogP contribution < -0.4 is 5.32 Å². The van der Waals surface area contributed by atoms with Crippen LogP contribution in [-0.2, 0) is 0 Å². The number of hydrogen-bond acceptors (Lipinski definition) is 3. The number of amides is 1. The van der Waals surface area contributed by atoms with Crippen LogP contribution in [-0.4, -0.2) is 28.0 Å². The average Bonchev–Trinajstić information content (AvgIpc) is 2.49. The molecule has 21 heavy (non-hydrogen) atoms. The molecule has 2 N–H and O–H groups in total. The second-order valence-corrected chi connectivity index (χ2v) is 5.72. The Kier molecular flexibility index (Phi) is 5.31. The number of carboxylic acid groups (broad SMARTS) is 1. The molecule has 0 unspecified atom stereocenters. The fraction of sp³-hybridized carbons (Fsp3) is 0.562. The third-order valence-corrected chi connectivity index (χ3v) is 4.12. The Bertz CT molecular complexity index is 491. The number of pyridine rings is 1. The Morgan fingerprint density at radius 1 is 1.29 bits per heavy atom. The SMILES string of the molecule is CCCC1CCC(NC(=O)c2ccc(C(=O)O)cn2)CC1. The topological polar surface area (TPSA) is 79.3 Å². The van der Waals surface area contributed by atoms with Gasteiger partial charge in [0, 0.05) is 12.2 Å². The highest BCUT2D eigenvalue weighted by molar-refractivity contribution is 5.93. The summed E-state index contributed by atoms with van der Waals surface area (Å²) >= 11 is 0. The van der Waals surface area contributed by atoms with Crippen molar-refractivity contribution in [2.45, 2.75) is 51.5 Å². The van der Waals surface area contributed by atoms with Crippen LogP contribution in [0.4, 0.5) is 0 Å². The molecule has 5 nitrogen and oxygen atoms in total. The number of nitrogens with one attached hydrogen (secondary N) is 1. The fourth-order valence-corrected chi connectivity index (χ4v) is 2.92. The molecule has 1 aliphatic carbocycles. The quantitative estimate of drug-likeness (QED) is 0.874. The summed E-state index contributed by atoms with van der Waals surface area (Å²) in [6.45, 7) is 2.21. The predicted molar refractivity (Wildman–Crippen MR) is 79.3 cm³/mol. The van der Waals surface area contributed by atoms with E-state index in [-0.39, 0.29) is 23.2 Å². The minimum Gasteiger partial charge on any atom is -0.478 e. The maximum atomic E-state index is 12.1. The van der Waals surface area contributed by atoms with Gasteiger partial charge in [0.1, 0.15) is 5.69 Å². The number of carbonyl (C=O) groups excluding carboxylic acids is 1. The number of aromatic nitrogens is 1. The summed E-state index contributed by atoms with van der Waals surface area (Å²) in [4.78, 5) is 26.7. The van der Waals surface area contributed by atoms with E-state index >= 15 is 0 Å². The molecule has 0 aromatic carbocycles.